The maximum absolute atomic E-state index is 13.1. The number of hydrogen-bond donors (Lipinski definition) is 2. The van der Waals surface area contributed by atoms with E-state index in [2.05, 4.69) is 5.32 Å². The number of hydrogen-bond acceptors (Lipinski definition) is 3. The van der Waals surface area contributed by atoms with Gasteiger partial charge in [0.1, 0.15) is 5.75 Å². The van der Waals surface area contributed by atoms with Crippen LogP contribution in [0.4, 0.5) is 18.9 Å². The Morgan fingerprint density at radius 2 is 1.74 bits per heavy atom. The zero-order valence-electron chi connectivity index (χ0n) is 12.1. The monoisotopic (exact) mass is 325 g/mol. The summed E-state index contributed by atoms with van der Waals surface area (Å²) in [6.45, 7) is 0. The van der Waals surface area contributed by atoms with E-state index in [9.17, 15) is 23.1 Å². The van der Waals surface area contributed by atoms with Gasteiger partial charge in [0.05, 0.1) is 12.7 Å². The zero-order chi connectivity index (χ0) is 17.0. The molecular formula is C16H14F3NO3. The first-order valence-electron chi connectivity index (χ1n) is 6.62. The van der Waals surface area contributed by atoms with Gasteiger partial charge in [0, 0.05) is 5.69 Å². The quantitative estimate of drug-likeness (QED) is 0.874. The Kier molecular flexibility index (Phi) is 4.78. The summed E-state index contributed by atoms with van der Waals surface area (Å²) < 4.78 is 44.2. The molecule has 0 spiro atoms. The average molecular weight is 325 g/mol. The van der Waals surface area contributed by atoms with Crippen LogP contribution in [0.2, 0.25) is 0 Å². The second kappa shape index (κ2) is 6.60. The van der Waals surface area contributed by atoms with Gasteiger partial charge in [-0.3, -0.25) is 0 Å². The summed E-state index contributed by atoms with van der Waals surface area (Å²) in [5.41, 5.74) is -0.952. The van der Waals surface area contributed by atoms with Gasteiger partial charge in [-0.2, -0.15) is 13.2 Å². The highest BCUT2D eigenvalue weighted by molar-refractivity contribution is 5.80. The normalized spacial score (nSPS) is 12.5. The first kappa shape index (κ1) is 16.7. The van der Waals surface area contributed by atoms with Crippen molar-refractivity contribution >= 4 is 11.7 Å². The lowest BCUT2D eigenvalue weighted by molar-refractivity contribution is -0.141. The third-order valence-electron chi connectivity index (χ3n) is 3.23. The van der Waals surface area contributed by atoms with E-state index in [-0.39, 0.29) is 5.56 Å². The SMILES string of the molecule is COc1ccc(NC(C(=O)O)c2ccccc2C(F)(F)F)cc1. The molecule has 4 nitrogen and oxygen atoms in total. The van der Waals surface area contributed by atoms with Crippen LogP contribution in [0.15, 0.2) is 48.5 Å². The molecule has 2 aromatic carbocycles. The Labute approximate surface area is 130 Å². The average Bonchev–Trinajstić information content (AvgIpc) is 2.52. The van der Waals surface area contributed by atoms with Crippen LogP contribution in [0.25, 0.3) is 0 Å². The van der Waals surface area contributed by atoms with Crippen molar-refractivity contribution in [3.05, 3.63) is 59.7 Å². The van der Waals surface area contributed by atoms with Gasteiger partial charge in [0.15, 0.2) is 6.04 Å². The number of alkyl halides is 3. The highest BCUT2D eigenvalue weighted by Crippen LogP contribution is 2.35. The van der Waals surface area contributed by atoms with Crippen LogP contribution < -0.4 is 10.1 Å². The summed E-state index contributed by atoms with van der Waals surface area (Å²) in [4.78, 5) is 11.5. The molecule has 0 fully saturated rings. The Morgan fingerprint density at radius 1 is 1.13 bits per heavy atom. The molecule has 0 saturated carbocycles. The van der Waals surface area contributed by atoms with Crippen molar-refractivity contribution in [3.63, 3.8) is 0 Å². The van der Waals surface area contributed by atoms with E-state index in [1.54, 1.807) is 12.1 Å². The lowest BCUT2D eigenvalue weighted by atomic mass is 9.99. The fraction of sp³-hybridized carbons (Fsp3) is 0.188. The van der Waals surface area contributed by atoms with Crippen LogP contribution in [0.3, 0.4) is 0 Å². The minimum absolute atomic E-state index is 0.344. The maximum atomic E-state index is 13.1. The summed E-state index contributed by atoms with van der Waals surface area (Å²) in [5, 5.41) is 11.9. The predicted molar refractivity (Wildman–Crippen MR) is 78.4 cm³/mol. The molecule has 1 unspecified atom stereocenters. The number of nitrogens with one attached hydrogen (secondary N) is 1. The molecule has 23 heavy (non-hydrogen) atoms. The molecule has 0 amide bonds. The number of carboxylic acid groups (broad SMARTS) is 1. The molecule has 2 N–H and O–H groups in total. The molecule has 7 heteroatoms. The molecule has 0 aromatic heterocycles. The predicted octanol–water partition coefficient (Wildman–Crippen LogP) is 3.95. The van der Waals surface area contributed by atoms with Crippen LogP contribution in [-0.2, 0) is 11.0 Å². The van der Waals surface area contributed by atoms with E-state index >= 15 is 0 Å². The standard InChI is InChI=1S/C16H14F3NO3/c1-23-11-8-6-10(7-9-11)20-14(15(21)22)12-4-2-3-5-13(12)16(17,18)19/h2-9,14,20H,1H3,(H,21,22). The van der Waals surface area contributed by atoms with E-state index in [0.717, 1.165) is 12.1 Å². The highest BCUT2D eigenvalue weighted by atomic mass is 19.4. The number of aliphatic carboxylic acids is 1. The largest absolute Gasteiger partial charge is 0.497 e. The van der Waals surface area contributed by atoms with Crippen molar-refractivity contribution in [1.82, 2.24) is 0 Å². The minimum atomic E-state index is -4.63. The van der Waals surface area contributed by atoms with Crippen LogP contribution in [0.1, 0.15) is 17.2 Å². The summed E-state index contributed by atoms with van der Waals surface area (Å²) >= 11 is 0. The van der Waals surface area contributed by atoms with E-state index in [1.807, 2.05) is 0 Å². The number of carbonyl (C=O) groups is 1. The second-order valence-electron chi connectivity index (χ2n) is 4.73. The summed E-state index contributed by atoms with van der Waals surface area (Å²) in [6, 6.07) is 9.30. The van der Waals surface area contributed by atoms with Gasteiger partial charge in [-0.1, -0.05) is 18.2 Å². The molecule has 122 valence electrons. The van der Waals surface area contributed by atoms with Gasteiger partial charge in [-0.05, 0) is 35.9 Å². The number of anilines is 1. The molecule has 1 atom stereocenters. The van der Waals surface area contributed by atoms with Gasteiger partial charge in [-0.25, -0.2) is 4.79 Å². The van der Waals surface area contributed by atoms with Crippen molar-refractivity contribution in [2.75, 3.05) is 12.4 Å². The molecule has 0 aliphatic rings. The van der Waals surface area contributed by atoms with E-state index in [0.29, 0.717) is 11.4 Å². The molecule has 0 aliphatic heterocycles. The zero-order valence-corrected chi connectivity index (χ0v) is 12.1. The Hall–Kier alpha value is -2.70. The van der Waals surface area contributed by atoms with Gasteiger partial charge in [0.2, 0.25) is 0 Å². The number of halogens is 3. The number of rotatable bonds is 5. The van der Waals surface area contributed by atoms with Gasteiger partial charge in [0.25, 0.3) is 0 Å². The molecule has 0 heterocycles. The first-order chi connectivity index (χ1) is 10.8. The minimum Gasteiger partial charge on any atom is -0.497 e. The molecule has 0 radical (unpaired) electrons. The van der Waals surface area contributed by atoms with Crippen LogP contribution in [0, 0.1) is 0 Å². The van der Waals surface area contributed by atoms with Crippen LogP contribution in [-0.4, -0.2) is 18.2 Å². The van der Waals surface area contributed by atoms with Gasteiger partial charge in [-0.15, -0.1) is 0 Å². The maximum Gasteiger partial charge on any atom is 0.416 e. The third kappa shape index (κ3) is 3.94. The molecular weight excluding hydrogens is 311 g/mol. The summed E-state index contributed by atoms with van der Waals surface area (Å²) in [5.74, 6) is -0.851. The molecule has 2 aromatic rings. The molecule has 0 aliphatic carbocycles. The van der Waals surface area contributed by atoms with Crippen molar-refractivity contribution in [2.45, 2.75) is 12.2 Å². The van der Waals surface area contributed by atoms with E-state index in [4.69, 9.17) is 4.74 Å². The van der Waals surface area contributed by atoms with Crippen molar-refractivity contribution in [1.29, 1.82) is 0 Å². The van der Waals surface area contributed by atoms with Crippen molar-refractivity contribution in [3.8, 4) is 5.75 Å². The number of methoxy groups -OCH3 is 1. The molecule has 2 rings (SSSR count). The lowest BCUT2D eigenvalue weighted by Crippen LogP contribution is -2.24. The second-order valence-corrected chi connectivity index (χ2v) is 4.73. The topological polar surface area (TPSA) is 58.6 Å². The number of benzene rings is 2. The Balaban J connectivity index is 2.37. The van der Waals surface area contributed by atoms with Crippen LogP contribution in [0.5, 0.6) is 5.75 Å². The van der Waals surface area contributed by atoms with Crippen molar-refractivity contribution < 1.29 is 27.8 Å². The lowest BCUT2D eigenvalue weighted by Gasteiger charge is -2.20. The van der Waals surface area contributed by atoms with Gasteiger partial charge >= 0.3 is 12.1 Å². The first-order valence-corrected chi connectivity index (χ1v) is 6.62. The molecule has 0 saturated heterocycles. The van der Waals surface area contributed by atoms with E-state index < -0.39 is 23.8 Å². The fourth-order valence-electron chi connectivity index (χ4n) is 2.13. The highest BCUT2D eigenvalue weighted by Gasteiger charge is 2.36. The Morgan fingerprint density at radius 3 is 2.26 bits per heavy atom. The fourth-order valence-corrected chi connectivity index (χ4v) is 2.13. The Bertz CT molecular complexity index is 684. The third-order valence-corrected chi connectivity index (χ3v) is 3.23. The number of carboxylic acids is 1. The van der Waals surface area contributed by atoms with Gasteiger partial charge < -0.3 is 15.2 Å². The smallest absolute Gasteiger partial charge is 0.416 e. The number of ether oxygens (including phenoxy) is 1. The summed E-state index contributed by atoms with van der Waals surface area (Å²) in [6.07, 6.45) is -4.63. The van der Waals surface area contributed by atoms with E-state index in [1.165, 1.54) is 31.4 Å². The summed E-state index contributed by atoms with van der Waals surface area (Å²) in [7, 11) is 1.47. The molecule has 0 bridgehead atoms. The van der Waals surface area contributed by atoms with Crippen LogP contribution >= 0.6 is 0 Å². The van der Waals surface area contributed by atoms with Crippen molar-refractivity contribution in [2.24, 2.45) is 0 Å².